The number of nitrogens with one attached hydrogen (secondary N) is 1. The van der Waals surface area contributed by atoms with Gasteiger partial charge >= 0.3 is 0 Å². The van der Waals surface area contributed by atoms with Gasteiger partial charge in [0.15, 0.2) is 5.75 Å². The van der Waals surface area contributed by atoms with E-state index in [-0.39, 0.29) is 0 Å². The highest BCUT2D eigenvalue weighted by atomic mass is 35.5. The van der Waals surface area contributed by atoms with Crippen molar-refractivity contribution < 1.29 is 4.74 Å². The van der Waals surface area contributed by atoms with Crippen molar-refractivity contribution in [2.75, 3.05) is 12.5 Å². The van der Waals surface area contributed by atoms with Crippen molar-refractivity contribution in [3.8, 4) is 5.75 Å². The Kier molecular flexibility index (Phi) is 3.03. The molecule has 0 radical (unpaired) electrons. The van der Waals surface area contributed by atoms with E-state index in [0.717, 1.165) is 0 Å². The van der Waals surface area contributed by atoms with Crippen LogP contribution in [0.3, 0.4) is 0 Å². The first-order valence-corrected chi connectivity index (χ1v) is 3.94. The Labute approximate surface area is 80.4 Å². The quantitative estimate of drug-likeness (QED) is 0.577. The summed E-state index contributed by atoms with van der Waals surface area (Å²) in [7, 11) is 1.51. The highest BCUT2D eigenvalue weighted by molar-refractivity contribution is 6.36. The zero-order chi connectivity index (χ0) is 9.14. The van der Waals surface area contributed by atoms with Gasteiger partial charge in [-0.15, -0.1) is 0 Å². The molecule has 66 valence electrons. The fourth-order valence-corrected chi connectivity index (χ4v) is 1.45. The van der Waals surface area contributed by atoms with E-state index < -0.39 is 0 Å². The molecule has 12 heavy (non-hydrogen) atoms. The van der Waals surface area contributed by atoms with Crippen molar-refractivity contribution in [3.63, 3.8) is 0 Å². The summed E-state index contributed by atoms with van der Waals surface area (Å²) in [4.78, 5) is 0. The van der Waals surface area contributed by atoms with Crippen LogP contribution in [-0.4, -0.2) is 7.11 Å². The van der Waals surface area contributed by atoms with Crippen LogP contribution in [-0.2, 0) is 0 Å². The zero-order valence-electron chi connectivity index (χ0n) is 6.40. The minimum atomic E-state index is 0.429. The Morgan fingerprint density at radius 2 is 2.08 bits per heavy atom. The summed E-state index contributed by atoms with van der Waals surface area (Å²) in [6, 6.07) is 3.22. The number of halogens is 2. The molecule has 0 fully saturated rings. The van der Waals surface area contributed by atoms with Crippen molar-refractivity contribution in [1.82, 2.24) is 0 Å². The first-order chi connectivity index (χ1) is 5.69. The molecular formula is C7H8Cl2N2O. The minimum absolute atomic E-state index is 0.429. The fraction of sp³-hybridized carbons (Fsp3) is 0.143. The summed E-state index contributed by atoms with van der Waals surface area (Å²) in [5.41, 5.74) is 3.00. The van der Waals surface area contributed by atoms with Crippen LogP contribution in [0.1, 0.15) is 0 Å². The third kappa shape index (κ3) is 1.75. The summed E-state index contributed by atoms with van der Waals surface area (Å²) in [5, 5.41) is 0.937. The number of benzene rings is 1. The molecule has 0 aliphatic rings. The summed E-state index contributed by atoms with van der Waals surface area (Å²) >= 11 is 11.5. The lowest BCUT2D eigenvalue weighted by Crippen LogP contribution is -2.08. The van der Waals surface area contributed by atoms with E-state index in [4.69, 9.17) is 33.8 Å². The molecule has 1 aromatic rings. The van der Waals surface area contributed by atoms with Gasteiger partial charge in [-0.3, -0.25) is 5.84 Å². The van der Waals surface area contributed by atoms with Gasteiger partial charge < -0.3 is 10.2 Å². The summed E-state index contributed by atoms with van der Waals surface area (Å²) in [6.45, 7) is 0. The van der Waals surface area contributed by atoms with E-state index in [1.54, 1.807) is 12.1 Å². The number of hydrogen-bond acceptors (Lipinski definition) is 3. The SMILES string of the molecule is COc1c(Cl)cc(Cl)cc1NN. The normalized spacial score (nSPS) is 9.67. The number of hydrogen-bond donors (Lipinski definition) is 2. The minimum Gasteiger partial charge on any atom is -0.493 e. The van der Waals surface area contributed by atoms with Crippen molar-refractivity contribution in [3.05, 3.63) is 22.2 Å². The van der Waals surface area contributed by atoms with E-state index >= 15 is 0 Å². The Morgan fingerprint density at radius 3 is 2.58 bits per heavy atom. The third-order valence-corrected chi connectivity index (χ3v) is 1.87. The monoisotopic (exact) mass is 206 g/mol. The van der Waals surface area contributed by atoms with Crippen LogP contribution < -0.4 is 16.0 Å². The van der Waals surface area contributed by atoms with Gasteiger partial charge in [-0.05, 0) is 12.1 Å². The van der Waals surface area contributed by atoms with Crippen molar-refractivity contribution in [2.24, 2.45) is 5.84 Å². The maximum Gasteiger partial charge on any atom is 0.161 e. The lowest BCUT2D eigenvalue weighted by Gasteiger charge is -2.09. The number of methoxy groups -OCH3 is 1. The van der Waals surface area contributed by atoms with Crippen LogP contribution in [0, 0.1) is 0 Å². The van der Waals surface area contributed by atoms with Gasteiger partial charge in [-0.2, -0.15) is 0 Å². The molecule has 0 amide bonds. The molecule has 0 aliphatic heterocycles. The number of anilines is 1. The molecule has 5 heteroatoms. The molecule has 0 aliphatic carbocycles. The average Bonchev–Trinajstić information content (AvgIpc) is 2.03. The summed E-state index contributed by atoms with van der Waals surface area (Å²) in [5.74, 6) is 5.71. The van der Waals surface area contributed by atoms with Crippen LogP contribution in [0.25, 0.3) is 0 Å². The average molecular weight is 207 g/mol. The van der Waals surface area contributed by atoms with Crippen LogP contribution in [0.15, 0.2) is 12.1 Å². The number of ether oxygens (including phenoxy) is 1. The molecular weight excluding hydrogens is 199 g/mol. The lowest BCUT2D eigenvalue weighted by atomic mass is 10.3. The van der Waals surface area contributed by atoms with Crippen LogP contribution >= 0.6 is 23.2 Å². The molecule has 0 heterocycles. The van der Waals surface area contributed by atoms with Gasteiger partial charge in [0.1, 0.15) is 0 Å². The highest BCUT2D eigenvalue weighted by Crippen LogP contribution is 2.35. The summed E-state index contributed by atoms with van der Waals surface area (Å²) < 4.78 is 4.99. The lowest BCUT2D eigenvalue weighted by molar-refractivity contribution is 0.417. The van der Waals surface area contributed by atoms with Gasteiger partial charge in [-0.1, -0.05) is 23.2 Å². The van der Waals surface area contributed by atoms with Crippen molar-refractivity contribution in [2.45, 2.75) is 0 Å². The van der Waals surface area contributed by atoms with Gasteiger partial charge in [-0.25, -0.2) is 0 Å². The van der Waals surface area contributed by atoms with E-state index in [9.17, 15) is 0 Å². The Morgan fingerprint density at radius 1 is 1.42 bits per heavy atom. The first kappa shape index (κ1) is 9.45. The second-order valence-corrected chi connectivity index (χ2v) is 2.96. The van der Waals surface area contributed by atoms with Crippen LogP contribution in [0.4, 0.5) is 5.69 Å². The Bertz CT molecular complexity index is 291. The maximum atomic E-state index is 5.81. The number of hydrazine groups is 1. The largest absolute Gasteiger partial charge is 0.493 e. The Balaban J connectivity index is 3.24. The van der Waals surface area contributed by atoms with Crippen LogP contribution in [0.2, 0.25) is 10.0 Å². The highest BCUT2D eigenvalue weighted by Gasteiger charge is 2.07. The maximum absolute atomic E-state index is 5.81. The van der Waals surface area contributed by atoms with Crippen molar-refractivity contribution >= 4 is 28.9 Å². The third-order valence-electron chi connectivity index (χ3n) is 1.37. The number of nitrogen functional groups attached to an aromatic ring is 1. The molecule has 1 aromatic carbocycles. The molecule has 0 saturated carbocycles. The van der Waals surface area contributed by atoms with Gasteiger partial charge in [0, 0.05) is 5.02 Å². The van der Waals surface area contributed by atoms with Crippen molar-refractivity contribution in [1.29, 1.82) is 0 Å². The van der Waals surface area contributed by atoms with Gasteiger partial charge in [0.2, 0.25) is 0 Å². The molecule has 3 nitrogen and oxygen atoms in total. The molecule has 0 bridgehead atoms. The molecule has 0 saturated heterocycles. The molecule has 1 rings (SSSR count). The molecule has 0 unspecified atom stereocenters. The first-order valence-electron chi connectivity index (χ1n) is 3.18. The number of nitrogens with two attached hydrogens (primary N) is 1. The second-order valence-electron chi connectivity index (χ2n) is 2.11. The predicted molar refractivity (Wildman–Crippen MR) is 50.8 cm³/mol. The Hall–Kier alpha value is -0.640. The van der Waals surface area contributed by atoms with E-state index in [2.05, 4.69) is 5.43 Å². The molecule has 0 atom stereocenters. The molecule has 3 N–H and O–H groups in total. The van der Waals surface area contributed by atoms with Gasteiger partial charge in [0.05, 0.1) is 17.8 Å². The van der Waals surface area contributed by atoms with Crippen LogP contribution in [0.5, 0.6) is 5.75 Å². The van der Waals surface area contributed by atoms with E-state index in [1.807, 2.05) is 0 Å². The summed E-state index contributed by atoms with van der Waals surface area (Å²) in [6.07, 6.45) is 0. The zero-order valence-corrected chi connectivity index (χ0v) is 7.91. The smallest absolute Gasteiger partial charge is 0.161 e. The standard InChI is InChI=1S/C7H8Cl2N2O/c1-12-7-5(9)2-4(8)3-6(7)11-10/h2-3,11H,10H2,1H3. The molecule has 0 spiro atoms. The fourth-order valence-electron chi connectivity index (χ4n) is 0.875. The van der Waals surface area contributed by atoms with Gasteiger partial charge in [0.25, 0.3) is 0 Å². The molecule has 0 aromatic heterocycles. The van der Waals surface area contributed by atoms with E-state index in [1.165, 1.54) is 7.11 Å². The second kappa shape index (κ2) is 3.85. The topological polar surface area (TPSA) is 47.3 Å². The van der Waals surface area contributed by atoms with E-state index in [0.29, 0.717) is 21.5 Å². The number of rotatable bonds is 2. The predicted octanol–water partition coefficient (Wildman–Crippen LogP) is 2.29.